The zero-order valence-electron chi connectivity index (χ0n) is 16.3. The first kappa shape index (κ1) is 24.0. The molecule has 32 heavy (non-hydrogen) atoms. The van der Waals surface area contributed by atoms with Gasteiger partial charge in [-0.15, -0.1) is 0 Å². The van der Waals surface area contributed by atoms with Crippen LogP contribution in [0, 0.1) is 10.1 Å². The van der Waals surface area contributed by atoms with Gasteiger partial charge in [0.05, 0.1) is 11.3 Å². The summed E-state index contributed by atoms with van der Waals surface area (Å²) in [6.07, 6.45) is -1.15. The minimum atomic E-state index is -1.96. The summed E-state index contributed by atoms with van der Waals surface area (Å²) in [5.41, 5.74) is 0.784. The van der Waals surface area contributed by atoms with E-state index in [0.717, 1.165) is 16.3 Å². The van der Waals surface area contributed by atoms with Gasteiger partial charge in [0.15, 0.2) is 5.11 Å². The number of fused-ring (bicyclic) bond motifs is 1. The Bertz CT molecular complexity index is 1160. The third-order valence-electron chi connectivity index (χ3n) is 4.49. The van der Waals surface area contributed by atoms with Crippen molar-refractivity contribution >= 4 is 80.2 Å². The van der Waals surface area contributed by atoms with E-state index in [2.05, 4.69) is 16.0 Å². The second-order valence-electron chi connectivity index (χ2n) is 6.73. The Morgan fingerprint density at radius 2 is 1.66 bits per heavy atom. The third-order valence-corrected chi connectivity index (χ3v) is 5.36. The molecule has 3 aromatic carbocycles. The molecule has 3 rings (SSSR count). The molecule has 0 aliphatic heterocycles. The lowest BCUT2D eigenvalue weighted by atomic mass is 10.0. The van der Waals surface area contributed by atoms with Crippen LogP contribution in [0.2, 0.25) is 0 Å². The third kappa shape index (κ3) is 6.20. The van der Waals surface area contributed by atoms with Crippen molar-refractivity contribution in [2.45, 2.75) is 16.4 Å². The van der Waals surface area contributed by atoms with Gasteiger partial charge in [-0.3, -0.25) is 14.9 Å². The Balaban J connectivity index is 1.71. The van der Waals surface area contributed by atoms with Crippen molar-refractivity contribution in [3.63, 3.8) is 0 Å². The first-order valence-electron chi connectivity index (χ1n) is 9.29. The Labute approximate surface area is 204 Å². The maximum absolute atomic E-state index is 12.7. The van der Waals surface area contributed by atoms with Gasteiger partial charge in [0.2, 0.25) is 9.70 Å². The molecule has 7 nitrogen and oxygen atoms in total. The number of para-hydroxylation sites is 2. The smallest absolute Gasteiger partial charge is 0.292 e. The van der Waals surface area contributed by atoms with E-state index in [1.165, 1.54) is 18.2 Å². The van der Waals surface area contributed by atoms with Gasteiger partial charge < -0.3 is 16.0 Å². The number of alkyl halides is 3. The number of hydrogen-bond donors (Lipinski definition) is 3. The van der Waals surface area contributed by atoms with Crippen LogP contribution in [0.3, 0.4) is 0 Å². The van der Waals surface area contributed by atoms with Crippen LogP contribution < -0.4 is 16.0 Å². The van der Waals surface area contributed by atoms with Gasteiger partial charge in [-0.1, -0.05) is 89.4 Å². The van der Waals surface area contributed by atoms with E-state index in [0.29, 0.717) is 0 Å². The molecule has 0 fully saturated rings. The van der Waals surface area contributed by atoms with E-state index in [-0.39, 0.29) is 22.9 Å². The second-order valence-corrected chi connectivity index (χ2v) is 9.51. The summed E-state index contributed by atoms with van der Waals surface area (Å²) in [7, 11) is 0. The van der Waals surface area contributed by atoms with Crippen LogP contribution in [0.1, 0.15) is 5.56 Å². The van der Waals surface area contributed by atoms with Crippen molar-refractivity contribution in [1.82, 2.24) is 10.6 Å². The molecule has 166 valence electrons. The summed E-state index contributed by atoms with van der Waals surface area (Å²) in [6.45, 7) is 0. The molecule has 11 heteroatoms. The number of benzene rings is 3. The van der Waals surface area contributed by atoms with Gasteiger partial charge in [-0.05, 0) is 34.6 Å². The number of nitrogens with zero attached hydrogens (tertiary/aromatic N) is 1. The highest BCUT2D eigenvalue weighted by Gasteiger charge is 2.35. The molecule has 0 bridgehead atoms. The molecule has 0 heterocycles. The van der Waals surface area contributed by atoms with E-state index < -0.39 is 20.8 Å². The minimum absolute atomic E-state index is 0.0463. The highest BCUT2D eigenvalue weighted by molar-refractivity contribution is 7.80. The molecule has 3 aromatic rings. The predicted octanol–water partition coefficient (Wildman–Crippen LogP) is 5.09. The van der Waals surface area contributed by atoms with Crippen molar-refractivity contribution < 1.29 is 9.72 Å². The zero-order valence-corrected chi connectivity index (χ0v) is 19.4. The number of nitro groups is 1. The van der Waals surface area contributed by atoms with Gasteiger partial charge in [0.1, 0.15) is 11.9 Å². The molecule has 0 radical (unpaired) electrons. The number of hydrogen-bond acceptors (Lipinski definition) is 4. The molecular weight excluding hydrogens is 495 g/mol. The summed E-state index contributed by atoms with van der Waals surface area (Å²) < 4.78 is -1.96. The molecule has 0 saturated carbocycles. The van der Waals surface area contributed by atoms with E-state index in [4.69, 9.17) is 47.0 Å². The van der Waals surface area contributed by atoms with Crippen molar-refractivity contribution in [3.05, 3.63) is 82.4 Å². The number of amides is 1. The van der Waals surface area contributed by atoms with Crippen LogP contribution in [-0.4, -0.2) is 25.9 Å². The standard InChI is InChI=1S/C21H17Cl3N4O3S/c22-21(23,24)19(27-20(32)25-16-10-3-4-11-17(16)28(30)31)26-18(29)12-14-8-5-7-13-6-1-2-9-15(13)14/h1-11,19H,12H2,(H,26,29)(H2,25,27,32)/t19-/m1/s1. The fraction of sp³-hybridized carbons (Fsp3) is 0.143. The molecule has 0 aliphatic rings. The Morgan fingerprint density at radius 3 is 2.38 bits per heavy atom. The number of carbonyl (C=O) groups excluding carboxylic acids is 1. The van der Waals surface area contributed by atoms with E-state index in [1.807, 2.05) is 42.5 Å². The van der Waals surface area contributed by atoms with Crippen LogP contribution in [0.4, 0.5) is 11.4 Å². The van der Waals surface area contributed by atoms with Gasteiger partial charge in [0.25, 0.3) is 5.69 Å². The topological polar surface area (TPSA) is 96.3 Å². The number of anilines is 1. The summed E-state index contributed by atoms with van der Waals surface area (Å²) in [5, 5.41) is 21.1. The van der Waals surface area contributed by atoms with Gasteiger partial charge in [-0.2, -0.15) is 0 Å². The molecule has 0 aromatic heterocycles. The summed E-state index contributed by atoms with van der Waals surface area (Å²) in [5.74, 6) is -0.404. The summed E-state index contributed by atoms with van der Waals surface area (Å²) in [4.78, 5) is 23.3. The fourth-order valence-electron chi connectivity index (χ4n) is 3.06. The van der Waals surface area contributed by atoms with Crippen molar-refractivity contribution in [3.8, 4) is 0 Å². The van der Waals surface area contributed by atoms with Crippen molar-refractivity contribution in [2.75, 3.05) is 5.32 Å². The summed E-state index contributed by atoms with van der Waals surface area (Å²) in [6, 6.07) is 19.3. The van der Waals surface area contributed by atoms with Gasteiger partial charge in [-0.25, -0.2) is 0 Å². The first-order chi connectivity index (χ1) is 15.1. The average molecular weight is 512 g/mol. The van der Waals surface area contributed by atoms with Gasteiger partial charge >= 0.3 is 0 Å². The Morgan fingerprint density at radius 1 is 1.00 bits per heavy atom. The van der Waals surface area contributed by atoms with Crippen molar-refractivity contribution in [2.24, 2.45) is 0 Å². The quantitative estimate of drug-likeness (QED) is 0.140. The molecule has 1 amide bonds. The first-order valence-corrected chi connectivity index (χ1v) is 10.8. The SMILES string of the molecule is O=C(Cc1cccc2ccccc12)N[C@H](NC(=S)Nc1ccccc1[N+](=O)[O-])C(Cl)(Cl)Cl. The molecule has 0 aliphatic carbocycles. The maximum atomic E-state index is 12.7. The van der Waals surface area contributed by atoms with Crippen LogP contribution >= 0.6 is 47.0 Å². The van der Waals surface area contributed by atoms with Crippen LogP contribution in [0.15, 0.2) is 66.7 Å². The highest BCUT2D eigenvalue weighted by Crippen LogP contribution is 2.30. The van der Waals surface area contributed by atoms with Crippen LogP contribution in [0.5, 0.6) is 0 Å². The number of carbonyl (C=O) groups is 1. The highest BCUT2D eigenvalue weighted by atomic mass is 35.6. The molecule has 0 saturated heterocycles. The lowest BCUT2D eigenvalue weighted by molar-refractivity contribution is -0.383. The summed E-state index contributed by atoms with van der Waals surface area (Å²) >= 11 is 23.3. The number of nitrogens with one attached hydrogen (secondary N) is 3. The fourth-order valence-corrected chi connectivity index (χ4v) is 3.61. The van der Waals surface area contributed by atoms with E-state index in [9.17, 15) is 14.9 Å². The Hall–Kier alpha value is -2.65. The molecule has 0 spiro atoms. The molecular formula is C21H17Cl3N4O3S. The Kier molecular flexibility index (Phi) is 7.73. The normalized spacial score (nSPS) is 12.1. The zero-order chi connectivity index (χ0) is 23.3. The largest absolute Gasteiger partial charge is 0.339 e. The van der Waals surface area contributed by atoms with Gasteiger partial charge in [0, 0.05) is 6.07 Å². The minimum Gasteiger partial charge on any atom is -0.339 e. The molecule has 3 N–H and O–H groups in total. The number of rotatable bonds is 6. The van der Waals surface area contributed by atoms with Crippen LogP contribution in [0.25, 0.3) is 10.8 Å². The maximum Gasteiger partial charge on any atom is 0.292 e. The number of halogens is 3. The predicted molar refractivity (Wildman–Crippen MR) is 132 cm³/mol. The van der Waals surface area contributed by atoms with E-state index in [1.54, 1.807) is 6.07 Å². The van der Waals surface area contributed by atoms with E-state index >= 15 is 0 Å². The monoisotopic (exact) mass is 510 g/mol. The second kappa shape index (κ2) is 10.3. The van der Waals surface area contributed by atoms with Crippen LogP contribution in [-0.2, 0) is 11.2 Å². The number of thiocarbonyl (C=S) groups is 1. The van der Waals surface area contributed by atoms with Crippen molar-refractivity contribution in [1.29, 1.82) is 0 Å². The average Bonchev–Trinajstić information content (AvgIpc) is 2.73. The number of nitro benzene ring substituents is 1. The molecule has 1 atom stereocenters. The lowest BCUT2D eigenvalue weighted by Gasteiger charge is -2.27. The lowest BCUT2D eigenvalue weighted by Crippen LogP contribution is -2.56. The molecule has 0 unspecified atom stereocenters.